The number of hydrogen-bond donors (Lipinski definition) is 1. The third-order valence-corrected chi connectivity index (χ3v) is 5.59. The maximum atomic E-state index is 13.4. The summed E-state index contributed by atoms with van der Waals surface area (Å²) in [5.74, 6) is 0.552. The molecule has 4 aromatic rings. The molecule has 0 atom stereocenters. The van der Waals surface area contributed by atoms with Crippen molar-refractivity contribution in [1.82, 2.24) is 15.0 Å². The third kappa shape index (κ3) is 5.26. The van der Waals surface area contributed by atoms with Crippen molar-refractivity contribution >= 4 is 0 Å². The molecule has 0 amide bonds. The van der Waals surface area contributed by atoms with Crippen molar-refractivity contribution in [2.75, 3.05) is 0 Å². The Morgan fingerprint density at radius 1 is 0.742 bits per heavy atom. The average molecular weight is 414 g/mol. The first kappa shape index (κ1) is 21.0. The van der Waals surface area contributed by atoms with Crippen LogP contribution in [0.3, 0.4) is 0 Å². The van der Waals surface area contributed by atoms with Gasteiger partial charge in [-0.05, 0) is 54.8 Å². The molecule has 1 N–H and O–H groups in total. The predicted molar refractivity (Wildman–Crippen MR) is 125 cm³/mol. The highest BCUT2D eigenvalue weighted by molar-refractivity contribution is 5.81. The van der Waals surface area contributed by atoms with Crippen LogP contribution in [0.5, 0.6) is 0 Å². The van der Waals surface area contributed by atoms with Gasteiger partial charge in [-0.25, -0.2) is 9.37 Å². The summed E-state index contributed by atoms with van der Waals surface area (Å²) >= 11 is 0. The summed E-state index contributed by atoms with van der Waals surface area (Å²) in [4.78, 5) is 12.5. The summed E-state index contributed by atoms with van der Waals surface area (Å²) in [6.07, 6.45) is 11.1. The minimum atomic E-state index is -0.254. The van der Waals surface area contributed by atoms with Crippen LogP contribution in [-0.2, 0) is 6.42 Å². The molecule has 0 saturated heterocycles. The Labute approximate surface area is 183 Å². The highest BCUT2D eigenvalue weighted by Crippen LogP contribution is 2.33. The maximum Gasteiger partial charge on any atom is 0.138 e. The molecule has 0 unspecified atom stereocenters. The van der Waals surface area contributed by atoms with Crippen LogP contribution in [0, 0.1) is 5.82 Å². The van der Waals surface area contributed by atoms with Crippen LogP contribution in [0.1, 0.15) is 44.6 Å². The van der Waals surface area contributed by atoms with Crippen molar-refractivity contribution in [1.29, 1.82) is 0 Å². The summed E-state index contributed by atoms with van der Waals surface area (Å²) < 4.78 is 13.4. The van der Waals surface area contributed by atoms with Gasteiger partial charge in [0.15, 0.2) is 0 Å². The minimum absolute atomic E-state index is 0.254. The van der Waals surface area contributed by atoms with Gasteiger partial charge in [-0.1, -0.05) is 56.9 Å². The number of halogens is 1. The molecule has 0 aliphatic heterocycles. The second-order valence-electron chi connectivity index (χ2n) is 7.91. The summed E-state index contributed by atoms with van der Waals surface area (Å²) in [5, 5.41) is 0. The van der Waals surface area contributed by atoms with E-state index in [1.165, 1.54) is 49.8 Å². The van der Waals surface area contributed by atoms with Crippen molar-refractivity contribution in [3.05, 3.63) is 84.4 Å². The molecule has 0 bridgehead atoms. The number of hydrogen-bond acceptors (Lipinski definition) is 2. The van der Waals surface area contributed by atoms with Crippen LogP contribution in [0.2, 0.25) is 0 Å². The Bertz CT molecular complexity index is 1080. The second kappa shape index (κ2) is 10.2. The molecular formula is C27H28FN3. The Morgan fingerprint density at radius 3 is 2.13 bits per heavy atom. The fourth-order valence-electron chi connectivity index (χ4n) is 3.82. The number of rotatable bonds is 9. The summed E-state index contributed by atoms with van der Waals surface area (Å²) in [6.45, 7) is 2.24. The number of nitrogens with one attached hydrogen (secondary N) is 1. The zero-order chi connectivity index (χ0) is 21.5. The average Bonchev–Trinajstić information content (AvgIpc) is 3.26. The smallest absolute Gasteiger partial charge is 0.138 e. The first-order chi connectivity index (χ1) is 15.2. The van der Waals surface area contributed by atoms with Crippen LogP contribution in [0.4, 0.5) is 4.39 Å². The van der Waals surface area contributed by atoms with Gasteiger partial charge in [-0.2, -0.15) is 0 Å². The van der Waals surface area contributed by atoms with Gasteiger partial charge in [0, 0.05) is 29.1 Å². The van der Waals surface area contributed by atoms with Crippen LogP contribution in [0.15, 0.2) is 73.1 Å². The van der Waals surface area contributed by atoms with Crippen LogP contribution in [-0.4, -0.2) is 15.0 Å². The van der Waals surface area contributed by atoms with Gasteiger partial charge in [0.2, 0.25) is 0 Å². The SMILES string of the molecule is CCCCCCCc1ccc(-c2nc(-c3ccc(F)cc3)c(-c3ccncc3)[nH]2)cc1. The van der Waals surface area contributed by atoms with E-state index in [1.807, 2.05) is 12.1 Å². The molecule has 2 heterocycles. The molecule has 0 spiro atoms. The van der Waals surface area contributed by atoms with E-state index in [9.17, 15) is 4.39 Å². The first-order valence-corrected chi connectivity index (χ1v) is 11.1. The monoisotopic (exact) mass is 413 g/mol. The molecule has 4 rings (SSSR count). The standard InChI is InChI=1S/C27H28FN3/c1-2-3-4-5-6-7-20-8-10-23(11-9-20)27-30-25(21-12-14-24(28)15-13-21)26(31-27)22-16-18-29-19-17-22/h8-19H,2-7H2,1H3,(H,30,31). The number of aryl methyl sites for hydroxylation is 1. The lowest BCUT2D eigenvalue weighted by Crippen LogP contribution is -1.87. The first-order valence-electron chi connectivity index (χ1n) is 11.1. The van der Waals surface area contributed by atoms with E-state index in [4.69, 9.17) is 4.98 Å². The van der Waals surface area contributed by atoms with Crippen LogP contribution in [0.25, 0.3) is 33.9 Å². The molecule has 158 valence electrons. The Morgan fingerprint density at radius 2 is 1.42 bits per heavy atom. The Hall–Kier alpha value is -3.27. The molecule has 0 aliphatic rings. The zero-order valence-corrected chi connectivity index (χ0v) is 17.9. The summed E-state index contributed by atoms with van der Waals surface area (Å²) in [7, 11) is 0. The fourth-order valence-corrected chi connectivity index (χ4v) is 3.82. The molecule has 0 aliphatic carbocycles. The molecule has 4 heteroatoms. The second-order valence-corrected chi connectivity index (χ2v) is 7.91. The maximum absolute atomic E-state index is 13.4. The molecule has 2 aromatic heterocycles. The number of aromatic nitrogens is 3. The molecule has 0 radical (unpaired) electrons. The van der Waals surface area contributed by atoms with Gasteiger partial charge in [0.1, 0.15) is 11.6 Å². The third-order valence-electron chi connectivity index (χ3n) is 5.59. The zero-order valence-electron chi connectivity index (χ0n) is 17.9. The Balaban J connectivity index is 1.59. The van der Waals surface area contributed by atoms with Gasteiger partial charge in [-0.15, -0.1) is 0 Å². The number of benzene rings is 2. The van der Waals surface area contributed by atoms with E-state index in [0.717, 1.165) is 40.3 Å². The lowest BCUT2D eigenvalue weighted by Gasteiger charge is -2.03. The van der Waals surface area contributed by atoms with Gasteiger partial charge < -0.3 is 4.98 Å². The lowest BCUT2D eigenvalue weighted by atomic mass is 10.0. The number of H-pyrrole nitrogens is 1. The van der Waals surface area contributed by atoms with E-state index in [1.54, 1.807) is 24.5 Å². The van der Waals surface area contributed by atoms with Crippen LogP contribution < -0.4 is 0 Å². The van der Waals surface area contributed by atoms with E-state index in [-0.39, 0.29) is 5.82 Å². The number of aromatic amines is 1. The topological polar surface area (TPSA) is 41.6 Å². The highest BCUT2D eigenvalue weighted by atomic mass is 19.1. The normalized spacial score (nSPS) is 11.0. The molecule has 0 fully saturated rings. The summed E-state index contributed by atoms with van der Waals surface area (Å²) in [5.41, 5.74) is 5.99. The molecule has 0 saturated carbocycles. The van der Waals surface area contributed by atoms with E-state index < -0.39 is 0 Å². The van der Waals surface area contributed by atoms with Gasteiger partial charge >= 0.3 is 0 Å². The van der Waals surface area contributed by atoms with Crippen molar-refractivity contribution < 1.29 is 4.39 Å². The lowest BCUT2D eigenvalue weighted by molar-refractivity contribution is 0.628. The molecule has 31 heavy (non-hydrogen) atoms. The number of unbranched alkanes of at least 4 members (excludes halogenated alkanes) is 4. The van der Waals surface area contributed by atoms with Gasteiger partial charge in [0.05, 0.1) is 11.4 Å². The van der Waals surface area contributed by atoms with Crippen molar-refractivity contribution in [3.8, 4) is 33.9 Å². The Kier molecular flexibility index (Phi) is 6.88. The van der Waals surface area contributed by atoms with Gasteiger partial charge in [0.25, 0.3) is 0 Å². The van der Waals surface area contributed by atoms with E-state index >= 15 is 0 Å². The van der Waals surface area contributed by atoms with E-state index in [2.05, 4.69) is 41.2 Å². The molecule has 3 nitrogen and oxygen atoms in total. The fraction of sp³-hybridized carbons (Fsp3) is 0.259. The number of pyridine rings is 1. The number of nitrogens with zero attached hydrogens (tertiary/aromatic N) is 2. The van der Waals surface area contributed by atoms with Crippen LogP contribution >= 0.6 is 0 Å². The predicted octanol–water partition coefficient (Wildman–Crippen LogP) is 7.46. The highest BCUT2D eigenvalue weighted by Gasteiger charge is 2.15. The number of imidazole rings is 1. The van der Waals surface area contributed by atoms with Gasteiger partial charge in [-0.3, -0.25) is 4.98 Å². The summed E-state index contributed by atoms with van der Waals surface area (Å²) in [6, 6.07) is 19.0. The molecular weight excluding hydrogens is 385 g/mol. The quantitative estimate of drug-likeness (QED) is 0.289. The molecule has 2 aromatic carbocycles. The van der Waals surface area contributed by atoms with Crippen molar-refractivity contribution in [2.45, 2.75) is 45.4 Å². The largest absolute Gasteiger partial charge is 0.337 e. The minimum Gasteiger partial charge on any atom is -0.337 e. The van der Waals surface area contributed by atoms with E-state index in [0.29, 0.717) is 0 Å². The van der Waals surface area contributed by atoms with Crippen molar-refractivity contribution in [2.24, 2.45) is 0 Å². The van der Waals surface area contributed by atoms with Crippen molar-refractivity contribution in [3.63, 3.8) is 0 Å².